The fourth-order valence-electron chi connectivity index (χ4n) is 1.51. The molecule has 0 saturated heterocycles. The predicted molar refractivity (Wildman–Crippen MR) is 79.4 cm³/mol. The standard InChI is InChI=1S/C14H15N3O3S/c1-10-17-11(9-21-10)4-5-13(18)16-8-14(19)15-7-12-3-2-6-20-12/h2-6,9H,7-8H2,1H3,(H,15,19)(H,16,18)/b5-4+. The van der Waals surface area contributed by atoms with Crippen molar-refractivity contribution in [3.8, 4) is 0 Å². The molecule has 0 aliphatic carbocycles. The van der Waals surface area contributed by atoms with Gasteiger partial charge >= 0.3 is 0 Å². The van der Waals surface area contributed by atoms with Crippen LogP contribution in [0.4, 0.5) is 0 Å². The van der Waals surface area contributed by atoms with Gasteiger partial charge in [0.2, 0.25) is 11.8 Å². The number of furan rings is 1. The van der Waals surface area contributed by atoms with Crippen LogP contribution in [0.25, 0.3) is 6.08 Å². The van der Waals surface area contributed by atoms with E-state index < -0.39 is 0 Å². The lowest BCUT2D eigenvalue weighted by molar-refractivity contribution is -0.124. The largest absolute Gasteiger partial charge is 0.467 e. The Kier molecular flexibility index (Phi) is 5.28. The lowest BCUT2D eigenvalue weighted by atomic mass is 10.4. The van der Waals surface area contributed by atoms with E-state index in [1.165, 1.54) is 23.7 Å². The Bertz CT molecular complexity index is 632. The molecule has 2 heterocycles. The fraction of sp³-hybridized carbons (Fsp3) is 0.214. The van der Waals surface area contributed by atoms with E-state index >= 15 is 0 Å². The smallest absolute Gasteiger partial charge is 0.244 e. The van der Waals surface area contributed by atoms with E-state index in [1.807, 2.05) is 12.3 Å². The van der Waals surface area contributed by atoms with Gasteiger partial charge in [0.05, 0.1) is 30.1 Å². The zero-order chi connectivity index (χ0) is 15.1. The van der Waals surface area contributed by atoms with Gasteiger partial charge in [0.1, 0.15) is 5.76 Å². The summed E-state index contributed by atoms with van der Waals surface area (Å²) in [6.45, 7) is 2.11. The quantitative estimate of drug-likeness (QED) is 0.792. The first kappa shape index (κ1) is 15.0. The first-order chi connectivity index (χ1) is 10.1. The zero-order valence-corrected chi connectivity index (χ0v) is 12.3. The van der Waals surface area contributed by atoms with Crippen LogP contribution in [-0.2, 0) is 16.1 Å². The molecule has 2 N–H and O–H groups in total. The molecular weight excluding hydrogens is 290 g/mol. The van der Waals surface area contributed by atoms with Crippen molar-refractivity contribution in [2.24, 2.45) is 0 Å². The summed E-state index contributed by atoms with van der Waals surface area (Å²) < 4.78 is 5.08. The van der Waals surface area contributed by atoms with Crippen LogP contribution in [0.15, 0.2) is 34.3 Å². The van der Waals surface area contributed by atoms with E-state index in [0.29, 0.717) is 12.3 Å². The summed E-state index contributed by atoms with van der Waals surface area (Å²) >= 11 is 1.51. The van der Waals surface area contributed by atoms with Crippen LogP contribution in [0.2, 0.25) is 0 Å². The van der Waals surface area contributed by atoms with Crippen molar-refractivity contribution in [2.75, 3.05) is 6.54 Å². The predicted octanol–water partition coefficient (Wildman–Crippen LogP) is 1.49. The Morgan fingerprint density at radius 3 is 2.95 bits per heavy atom. The minimum Gasteiger partial charge on any atom is -0.467 e. The number of hydrogen-bond donors (Lipinski definition) is 2. The van der Waals surface area contributed by atoms with E-state index in [0.717, 1.165) is 10.7 Å². The molecule has 2 rings (SSSR count). The van der Waals surface area contributed by atoms with Gasteiger partial charge < -0.3 is 15.1 Å². The van der Waals surface area contributed by atoms with E-state index in [-0.39, 0.29) is 18.4 Å². The van der Waals surface area contributed by atoms with Crippen LogP contribution in [0.1, 0.15) is 16.5 Å². The second kappa shape index (κ2) is 7.39. The molecule has 2 amide bonds. The number of carbonyl (C=O) groups is 2. The maximum atomic E-state index is 11.5. The third-order valence-corrected chi connectivity index (χ3v) is 3.30. The van der Waals surface area contributed by atoms with Gasteiger partial charge in [-0.15, -0.1) is 11.3 Å². The number of carbonyl (C=O) groups excluding carboxylic acids is 2. The van der Waals surface area contributed by atoms with E-state index in [4.69, 9.17) is 4.42 Å². The van der Waals surface area contributed by atoms with Gasteiger partial charge in [-0.2, -0.15) is 0 Å². The Morgan fingerprint density at radius 1 is 1.43 bits per heavy atom. The van der Waals surface area contributed by atoms with Crippen LogP contribution in [-0.4, -0.2) is 23.3 Å². The van der Waals surface area contributed by atoms with Crippen LogP contribution >= 0.6 is 11.3 Å². The van der Waals surface area contributed by atoms with E-state index in [1.54, 1.807) is 18.2 Å². The average molecular weight is 305 g/mol. The molecule has 6 nitrogen and oxygen atoms in total. The summed E-state index contributed by atoms with van der Waals surface area (Å²) in [5.74, 6) is 0.0416. The maximum Gasteiger partial charge on any atom is 0.244 e. The molecule has 7 heteroatoms. The number of nitrogens with one attached hydrogen (secondary N) is 2. The van der Waals surface area contributed by atoms with Gasteiger partial charge in [-0.25, -0.2) is 4.98 Å². The van der Waals surface area contributed by atoms with Crippen LogP contribution < -0.4 is 10.6 Å². The second-order valence-corrected chi connectivity index (χ2v) is 5.26. The highest BCUT2D eigenvalue weighted by Gasteiger charge is 2.04. The van der Waals surface area contributed by atoms with Crippen LogP contribution in [0, 0.1) is 6.92 Å². The molecule has 0 aromatic carbocycles. The Balaban J connectivity index is 1.68. The highest BCUT2D eigenvalue weighted by molar-refractivity contribution is 7.09. The molecule has 0 saturated carbocycles. The number of amides is 2. The molecule has 0 spiro atoms. The van der Waals surface area contributed by atoms with Gasteiger partial charge in [0.25, 0.3) is 0 Å². The van der Waals surface area contributed by atoms with Crippen molar-refractivity contribution in [2.45, 2.75) is 13.5 Å². The molecule has 0 unspecified atom stereocenters. The van der Waals surface area contributed by atoms with Gasteiger partial charge in [-0.1, -0.05) is 0 Å². The van der Waals surface area contributed by atoms with Crippen molar-refractivity contribution >= 4 is 29.2 Å². The molecule has 0 atom stereocenters. The lowest BCUT2D eigenvalue weighted by Crippen LogP contribution is -2.35. The van der Waals surface area contributed by atoms with Crippen LogP contribution in [0.3, 0.4) is 0 Å². The Labute approximate surface area is 125 Å². The van der Waals surface area contributed by atoms with Gasteiger partial charge in [0, 0.05) is 11.5 Å². The van der Waals surface area contributed by atoms with Gasteiger partial charge in [-0.3, -0.25) is 9.59 Å². The lowest BCUT2D eigenvalue weighted by Gasteiger charge is -2.03. The highest BCUT2D eigenvalue weighted by Crippen LogP contribution is 2.08. The summed E-state index contributed by atoms with van der Waals surface area (Å²) in [5.41, 5.74) is 0.731. The van der Waals surface area contributed by atoms with Gasteiger partial charge in [-0.05, 0) is 25.1 Å². The molecule has 0 fully saturated rings. The van der Waals surface area contributed by atoms with Crippen LogP contribution in [0.5, 0.6) is 0 Å². The number of aryl methyl sites for hydroxylation is 1. The van der Waals surface area contributed by atoms with E-state index in [9.17, 15) is 9.59 Å². The number of hydrogen-bond acceptors (Lipinski definition) is 5. The Morgan fingerprint density at radius 2 is 2.29 bits per heavy atom. The maximum absolute atomic E-state index is 11.5. The van der Waals surface area contributed by atoms with Crippen molar-refractivity contribution in [1.29, 1.82) is 0 Å². The first-order valence-corrected chi connectivity index (χ1v) is 7.18. The van der Waals surface area contributed by atoms with Crippen molar-refractivity contribution in [3.05, 3.63) is 46.3 Å². The topological polar surface area (TPSA) is 84.2 Å². The number of thiazole rings is 1. The number of aromatic nitrogens is 1. The minimum atomic E-state index is -0.339. The first-order valence-electron chi connectivity index (χ1n) is 6.30. The zero-order valence-electron chi connectivity index (χ0n) is 11.5. The summed E-state index contributed by atoms with van der Waals surface area (Å²) in [6, 6.07) is 3.51. The number of rotatable bonds is 6. The molecule has 0 aliphatic rings. The summed E-state index contributed by atoms with van der Waals surface area (Å²) in [4.78, 5) is 27.3. The second-order valence-electron chi connectivity index (χ2n) is 4.20. The third-order valence-electron chi connectivity index (χ3n) is 2.51. The SMILES string of the molecule is Cc1nc(/C=C/C(=O)NCC(=O)NCc2ccco2)cs1. The normalized spacial score (nSPS) is 10.7. The van der Waals surface area contributed by atoms with Gasteiger partial charge in [0.15, 0.2) is 0 Å². The van der Waals surface area contributed by atoms with E-state index in [2.05, 4.69) is 15.6 Å². The molecule has 110 valence electrons. The van der Waals surface area contributed by atoms with Crippen molar-refractivity contribution in [3.63, 3.8) is 0 Å². The summed E-state index contributed by atoms with van der Waals surface area (Å²) in [6.07, 6.45) is 4.50. The third kappa shape index (κ3) is 5.23. The molecule has 0 radical (unpaired) electrons. The van der Waals surface area contributed by atoms with Crippen molar-refractivity contribution in [1.82, 2.24) is 15.6 Å². The van der Waals surface area contributed by atoms with Crippen molar-refractivity contribution < 1.29 is 14.0 Å². The summed E-state index contributed by atoms with van der Waals surface area (Å²) in [5, 5.41) is 7.93. The highest BCUT2D eigenvalue weighted by atomic mass is 32.1. The molecule has 2 aromatic rings. The number of nitrogens with zero attached hydrogens (tertiary/aromatic N) is 1. The molecular formula is C14H15N3O3S. The molecule has 0 bridgehead atoms. The fourth-order valence-corrected chi connectivity index (χ4v) is 2.09. The molecule has 0 aliphatic heterocycles. The molecule has 2 aromatic heterocycles. The molecule has 21 heavy (non-hydrogen) atoms. The monoisotopic (exact) mass is 305 g/mol. The minimum absolute atomic E-state index is 0.0834. The Hall–Kier alpha value is -2.41. The summed E-state index contributed by atoms with van der Waals surface area (Å²) in [7, 11) is 0. The average Bonchev–Trinajstić information content (AvgIpc) is 3.12.